The molecule has 0 radical (unpaired) electrons. The molecule has 2 aliphatic heterocycles. The molecule has 9 heteroatoms. The van der Waals surface area contributed by atoms with Gasteiger partial charge in [0.25, 0.3) is 0 Å². The zero-order valence-electron chi connectivity index (χ0n) is 13.0. The van der Waals surface area contributed by atoms with E-state index in [1.165, 1.54) is 18.1 Å². The third-order valence-electron chi connectivity index (χ3n) is 4.10. The highest BCUT2D eigenvalue weighted by Gasteiger charge is 2.55. The first kappa shape index (κ1) is 15.3. The van der Waals surface area contributed by atoms with Crippen molar-refractivity contribution in [3.8, 4) is 0 Å². The van der Waals surface area contributed by atoms with E-state index in [0.29, 0.717) is 5.65 Å². The van der Waals surface area contributed by atoms with E-state index in [1.54, 1.807) is 6.33 Å². The summed E-state index contributed by atoms with van der Waals surface area (Å²) in [6.45, 7) is 3.59. The van der Waals surface area contributed by atoms with Crippen LogP contribution in [-0.4, -0.2) is 61.6 Å². The summed E-state index contributed by atoms with van der Waals surface area (Å²) in [5, 5.41) is 10.4. The lowest BCUT2D eigenvalue weighted by molar-refractivity contribution is -0.199. The van der Waals surface area contributed by atoms with Crippen LogP contribution >= 0.6 is 11.8 Å². The molecule has 0 saturated carbocycles. The van der Waals surface area contributed by atoms with Crippen LogP contribution in [0.4, 0.5) is 0 Å². The van der Waals surface area contributed by atoms with E-state index in [2.05, 4.69) is 15.0 Å². The third kappa shape index (κ3) is 2.34. The van der Waals surface area contributed by atoms with Crippen LogP contribution in [0, 0.1) is 0 Å². The Morgan fingerprint density at radius 1 is 1.26 bits per heavy atom. The molecule has 0 amide bonds. The first-order valence-electron chi connectivity index (χ1n) is 7.37. The van der Waals surface area contributed by atoms with Crippen LogP contribution < -0.4 is 0 Å². The van der Waals surface area contributed by atoms with E-state index in [9.17, 15) is 5.11 Å². The quantitative estimate of drug-likeness (QED) is 0.653. The number of rotatable bonds is 3. The van der Waals surface area contributed by atoms with Crippen molar-refractivity contribution in [2.75, 3.05) is 12.9 Å². The summed E-state index contributed by atoms with van der Waals surface area (Å²) in [6.07, 6.45) is 3.60. The molecule has 23 heavy (non-hydrogen) atoms. The second-order valence-corrected chi connectivity index (χ2v) is 6.81. The van der Waals surface area contributed by atoms with Gasteiger partial charge in [-0.15, -0.1) is 11.8 Å². The van der Waals surface area contributed by atoms with E-state index < -0.39 is 18.1 Å². The maximum atomic E-state index is 9.58. The molecule has 2 fully saturated rings. The Balaban J connectivity index is 1.76. The predicted molar refractivity (Wildman–Crippen MR) is 81.9 cm³/mol. The number of hydrogen-bond donors (Lipinski definition) is 1. The summed E-state index contributed by atoms with van der Waals surface area (Å²) in [7, 11) is 0. The minimum Gasteiger partial charge on any atom is -0.394 e. The molecular formula is C14H18N4O4S. The van der Waals surface area contributed by atoms with E-state index in [0.717, 1.165) is 10.5 Å². The molecule has 2 saturated heterocycles. The van der Waals surface area contributed by atoms with E-state index in [1.807, 2.05) is 24.7 Å². The minimum absolute atomic E-state index is 0.130. The van der Waals surface area contributed by atoms with Crippen molar-refractivity contribution >= 4 is 22.9 Å². The summed E-state index contributed by atoms with van der Waals surface area (Å²) in [4.78, 5) is 13.0. The number of aliphatic hydroxyl groups is 1. The van der Waals surface area contributed by atoms with Gasteiger partial charge in [0.1, 0.15) is 35.2 Å². The SMILES string of the molecule is CSc1ncnc2c1ncn2C1OC(CO)C2OC(C)(C)OC21. The van der Waals surface area contributed by atoms with E-state index in [4.69, 9.17) is 14.2 Å². The Hall–Kier alpha value is -1.26. The first-order chi connectivity index (χ1) is 11.0. The highest BCUT2D eigenvalue weighted by Crippen LogP contribution is 2.43. The molecule has 124 valence electrons. The summed E-state index contributed by atoms with van der Waals surface area (Å²) in [5.74, 6) is -0.708. The topological polar surface area (TPSA) is 91.5 Å². The number of imidazole rings is 1. The highest BCUT2D eigenvalue weighted by atomic mass is 32.2. The number of thioether (sulfide) groups is 1. The molecule has 2 aliphatic rings. The predicted octanol–water partition coefficient (Wildman–Crippen LogP) is 0.958. The Morgan fingerprint density at radius 3 is 2.78 bits per heavy atom. The maximum absolute atomic E-state index is 9.58. The van der Waals surface area contributed by atoms with Gasteiger partial charge in [-0.05, 0) is 20.1 Å². The molecule has 1 N–H and O–H groups in total. The second kappa shape index (κ2) is 5.38. The van der Waals surface area contributed by atoms with Gasteiger partial charge < -0.3 is 19.3 Å². The number of nitrogens with zero attached hydrogens (tertiary/aromatic N) is 4. The standard InChI is InChI=1S/C14H18N4O4S/c1-14(2)21-9-7(4-19)20-13(10(9)22-14)18-6-17-8-11(18)15-5-16-12(8)23-3/h5-7,9-10,13,19H,4H2,1-3H3. The molecule has 4 heterocycles. The second-order valence-electron chi connectivity index (χ2n) is 6.02. The van der Waals surface area contributed by atoms with Gasteiger partial charge in [0.2, 0.25) is 0 Å². The molecule has 4 rings (SSSR count). The van der Waals surface area contributed by atoms with Crippen molar-refractivity contribution in [1.82, 2.24) is 19.5 Å². The first-order valence-corrected chi connectivity index (χ1v) is 8.60. The van der Waals surface area contributed by atoms with Crippen molar-refractivity contribution in [3.05, 3.63) is 12.7 Å². The van der Waals surface area contributed by atoms with Gasteiger partial charge in [-0.25, -0.2) is 15.0 Å². The Morgan fingerprint density at radius 2 is 2.04 bits per heavy atom. The normalized spacial score (nSPS) is 32.5. The van der Waals surface area contributed by atoms with Crippen LogP contribution in [0.1, 0.15) is 20.1 Å². The van der Waals surface area contributed by atoms with Gasteiger partial charge in [0.05, 0.1) is 12.9 Å². The molecule has 4 unspecified atom stereocenters. The fourth-order valence-corrected chi connectivity index (χ4v) is 3.69. The molecular weight excluding hydrogens is 320 g/mol. The van der Waals surface area contributed by atoms with Crippen LogP contribution in [0.2, 0.25) is 0 Å². The van der Waals surface area contributed by atoms with Gasteiger partial charge in [0, 0.05) is 0 Å². The Bertz CT molecular complexity index is 737. The number of hydrogen-bond acceptors (Lipinski definition) is 8. The van der Waals surface area contributed by atoms with Crippen molar-refractivity contribution in [1.29, 1.82) is 0 Å². The van der Waals surface area contributed by atoms with Crippen molar-refractivity contribution in [2.24, 2.45) is 0 Å². The van der Waals surface area contributed by atoms with Gasteiger partial charge in [-0.3, -0.25) is 4.57 Å². The summed E-state index contributed by atoms with van der Waals surface area (Å²) in [5.41, 5.74) is 1.41. The summed E-state index contributed by atoms with van der Waals surface area (Å²) in [6, 6.07) is 0. The van der Waals surface area contributed by atoms with Crippen molar-refractivity contribution in [3.63, 3.8) is 0 Å². The maximum Gasteiger partial charge on any atom is 0.166 e. The highest BCUT2D eigenvalue weighted by molar-refractivity contribution is 7.98. The van der Waals surface area contributed by atoms with Gasteiger partial charge in [-0.1, -0.05) is 0 Å². The molecule has 0 spiro atoms. The van der Waals surface area contributed by atoms with E-state index in [-0.39, 0.29) is 18.8 Å². The smallest absolute Gasteiger partial charge is 0.166 e. The monoisotopic (exact) mass is 338 g/mol. The average Bonchev–Trinajstić information content (AvgIpc) is 3.17. The fraction of sp³-hybridized carbons (Fsp3) is 0.643. The number of ether oxygens (including phenoxy) is 3. The lowest BCUT2D eigenvalue weighted by Crippen LogP contribution is -2.31. The van der Waals surface area contributed by atoms with Crippen LogP contribution in [0.5, 0.6) is 0 Å². The molecule has 2 aromatic rings. The Kier molecular flexibility index (Phi) is 3.58. The van der Waals surface area contributed by atoms with Crippen molar-refractivity contribution < 1.29 is 19.3 Å². The zero-order valence-corrected chi connectivity index (χ0v) is 13.9. The summed E-state index contributed by atoms with van der Waals surface area (Å²) >= 11 is 1.51. The van der Waals surface area contributed by atoms with Crippen molar-refractivity contribution in [2.45, 2.75) is 49.2 Å². The molecule has 2 aromatic heterocycles. The summed E-state index contributed by atoms with van der Waals surface area (Å²) < 4.78 is 19.7. The fourth-order valence-electron chi connectivity index (χ4n) is 3.20. The third-order valence-corrected chi connectivity index (χ3v) is 4.78. The number of aromatic nitrogens is 4. The van der Waals surface area contributed by atoms with E-state index >= 15 is 0 Å². The molecule has 0 aromatic carbocycles. The van der Waals surface area contributed by atoms with Crippen LogP contribution in [0.15, 0.2) is 17.7 Å². The minimum atomic E-state index is -0.708. The lowest BCUT2D eigenvalue weighted by Gasteiger charge is -2.24. The zero-order chi connectivity index (χ0) is 16.2. The average molecular weight is 338 g/mol. The molecule has 4 atom stereocenters. The largest absolute Gasteiger partial charge is 0.394 e. The van der Waals surface area contributed by atoms with Crippen LogP contribution in [0.25, 0.3) is 11.2 Å². The van der Waals surface area contributed by atoms with Gasteiger partial charge >= 0.3 is 0 Å². The van der Waals surface area contributed by atoms with Gasteiger partial charge in [-0.2, -0.15) is 0 Å². The number of fused-ring (bicyclic) bond motifs is 2. The lowest BCUT2D eigenvalue weighted by atomic mass is 10.1. The number of aliphatic hydroxyl groups excluding tert-OH is 1. The van der Waals surface area contributed by atoms with Crippen LogP contribution in [0.3, 0.4) is 0 Å². The Labute approximate surface area is 137 Å². The molecule has 0 aliphatic carbocycles. The molecule has 0 bridgehead atoms. The van der Waals surface area contributed by atoms with Crippen LogP contribution in [-0.2, 0) is 14.2 Å². The van der Waals surface area contributed by atoms with Gasteiger partial charge in [0.15, 0.2) is 17.7 Å². The molecule has 8 nitrogen and oxygen atoms in total.